The van der Waals surface area contributed by atoms with Gasteiger partial charge < -0.3 is 0 Å². The molecule has 9 heteroatoms. The van der Waals surface area contributed by atoms with Gasteiger partial charge in [0.15, 0.2) is 0 Å². The van der Waals surface area contributed by atoms with Gasteiger partial charge in [-0.2, -0.15) is 18.3 Å². The molecule has 2 rings (SSSR count). The first-order valence-corrected chi connectivity index (χ1v) is 6.44. The van der Waals surface area contributed by atoms with Gasteiger partial charge in [0.05, 0.1) is 16.7 Å². The van der Waals surface area contributed by atoms with Crippen molar-refractivity contribution in [3.8, 4) is 0 Å². The number of anilines is 1. The van der Waals surface area contributed by atoms with Gasteiger partial charge in [-0.3, -0.25) is 15.5 Å². The van der Waals surface area contributed by atoms with Gasteiger partial charge in [-0.1, -0.05) is 6.07 Å². The largest absolute Gasteiger partial charge is 0.416 e. The van der Waals surface area contributed by atoms with E-state index in [1.54, 1.807) is 12.1 Å². The molecule has 0 fully saturated rings. The van der Waals surface area contributed by atoms with Crippen LogP contribution in [0.15, 0.2) is 40.8 Å². The van der Waals surface area contributed by atoms with Gasteiger partial charge in [-0.05, 0) is 23.6 Å². The number of thiophene rings is 1. The van der Waals surface area contributed by atoms with Crippen molar-refractivity contribution in [2.45, 2.75) is 6.18 Å². The molecule has 0 unspecified atom stereocenters. The van der Waals surface area contributed by atoms with Crippen LogP contribution in [0.2, 0.25) is 0 Å². The van der Waals surface area contributed by atoms with E-state index in [-0.39, 0.29) is 5.69 Å². The van der Waals surface area contributed by atoms with Crippen LogP contribution in [0.1, 0.15) is 10.4 Å². The van der Waals surface area contributed by atoms with E-state index in [1.165, 1.54) is 17.6 Å². The summed E-state index contributed by atoms with van der Waals surface area (Å²) in [7, 11) is 0. The van der Waals surface area contributed by atoms with Gasteiger partial charge >= 0.3 is 6.18 Å². The molecule has 1 heterocycles. The third-order valence-electron chi connectivity index (χ3n) is 2.44. The topological polar surface area (TPSA) is 67.5 Å². The van der Waals surface area contributed by atoms with Crippen molar-refractivity contribution in [3.63, 3.8) is 0 Å². The fourth-order valence-electron chi connectivity index (χ4n) is 1.48. The average molecular weight is 315 g/mol. The number of nitrogens with one attached hydrogen (secondary N) is 1. The summed E-state index contributed by atoms with van der Waals surface area (Å²) < 4.78 is 37.6. The van der Waals surface area contributed by atoms with Crippen LogP contribution < -0.4 is 5.43 Å². The molecule has 2 aromatic rings. The van der Waals surface area contributed by atoms with Crippen molar-refractivity contribution in [2.24, 2.45) is 5.10 Å². The van der Waals surface area contributed by atoms with Crippen LogP contribution in [-0.2, 0) is 6.18 Å². The highest BCUT2D eigenvalue weighted by Gasteiger charge is 2.33. The maximum atomic E-state index is 12.5. The predicted molar refractivity (Wildman–Crippen MR) is 73.6 cm³/mol. The molecular weight excluding hydrogens is 307 g/mol. The van der Waals surface area contributed by atoms with Crippen LogP contribution in [0.25, 0.3) is 0 Å². The molecule has 0 saturated heterocycles. The zero-order valence-electron chi connectivity index (χ0n) is 10.3. The first kappa shape index (κ1) is 15.0. The Morgan fingerprint density at radius 2 is 2.10 bits per heavy atom. The average Bonchev–Trinajstić information content (AvgIpc) is 2.90. The van der Waals surface area contributed by atoms with Crippen LogP contribution in [0, 0.1) is 10.1 Å². The number of nitro groups is 1. The minimum atomic E-state index is -4.64. The second-order valence-corrected chi connectivity index (χ2v) is 4.85. The fraction of sp³-hybridized carbons (Fsp3) is 0.0833. The fourth-order valence-corrected chi connectivity index (χ4v) is 2.07. The lowest BCUT2D eigenvalue weighted by molar-refractivity contribution is -0.384. The third kappa shape index (κ3) is 3.78. The first-order chi connectivity index (χ1) is 9.88. The van der Waals surface area contributed by atoms with E-state index < -0.39 is 22.4 Å². The Hall–Kier alpha value is -2.42. The van der Waals surface area contributed by atoms with Crippen molar-refractivity contribution in [1.82, 2.24) is 0 Å². The smallest absolute Gasteiger partial charge is 0.272 e. The number of hydrogen-bond acceptors (Lipinski definition) is 5. The molecule has 1 aromatic carbocycles. The highest BCUT2D eigenvalue weighted by molar-refractivity contribution is 7.11. The highest BCUT2D eigenvalue weighted by Crippen LogP contribution is 2.34. The van der Waals surface area contributed by atoms with E-state index in [2.05, 4.69) is 10.5 Å². The number of nitrogens with zero attached hydrogens (tertiary/aromatic N) is 2. The Morgan fingerprint density at radius 1 is 1.33 bits per heavy atom. The van der Waals surface area contributed by atoms with Crippen LogP contribution in [0.5, 0.6) is 0 Å². The minimum absolute atomic E-state index is 0.110. The van der Waals surface area contributed by atoms with Crippen LogP contribution in [0.3, 0.4) is 0 Å². The van der Waals surface area contributed by atoms with Gasteiger partial charge in [0.2, 0.25) is 0 Å². The number of benzene rings is 1. The normalized spacial score (nSPS) is 11.8. The highest BCUT2D eigenvalue weighted by atomic mass is 32.1. The molecule has 1 aromatic heterocycles. The summed E-state index contributed by atoms with van der Waals surface area (Å²) in [6.45, 7) is 0. The van der Waals surface area contributed by atoms with Gasteiger partial charge in [-0.15, -0.1) is 11.3 Å². The van der Waals surface area contributed by atoms with Gasteiger partial charge in [0.1, 0.15) is 5.69 Å². The van der Waals surface area contributed by atoms with Crippen molar-refractivity contribution in [3.05, 3.63) is 56.3 Å². The Balaban J connectivity index is 2.25. The third-order valence-corrected chi connectivity index (χ3v) is 3.25. The summed E-state index contributed by atoms with van der Waals surface area (Å²) in [5.74, 6) is 0. The predicted octanol–water partition coefficient (Wildman–Crippen LogP) is 4.12. The summed E-state index contributed by atoms with van der Waals surface area (Å²) in [4.78, 5) is 10.8. The zero-order chi connectivity index (χ0) is 15.5. The summed E-state index contributed by atoms with van der Waals surface area (Å²) in [6.07, 6.45) is -3.21. The SMILES string of the molecule is O=[N+]([O-])c1cc(C(F)(F)F)ccc1N/N=C/c1cccs1. The maximum absolute atomic E-state index is 12.5. The number of halogens is 3. The second-order valence-electron chi connectivity index (χ2n) is 3.87. The maximum Gasteiger partial charge on any atom is 0.416 e. The Labute approximate surface area is 120 Å². The molecule has 110 valence electrons. The lowest BCUT2D eigenvalue weighted by atomic mass is 10.1. The molecule has 0 aliphatic carbocycles. The number of hydrazone groups is 1. The van der Waals surface area contributed by atoms with Crippen LogP contribution in [-0.4, -0.2) is 11.1 Å². The summed E-state index contributed by atoms with van der Waals surface area (Å²) >= 11 is 1.40. The van der Waals surface area contributed by atoms with Crippen molar-refractivity contribution in [1.29, 1.82) is 0 Å². The lowest BCUT2D eigenvalue weighted by Crippen LogP contribution is -2.06. The Bertz CT molecular complexity index is 669. The Kier molecular flexibility index (Phi) is 4.22. The van der Waals surface area contributed by atoms with E-state index in [9.17, 15) is 23.3 Å². The minimum Gasteiger partial charge on any atom is -0.272 e. The van der Waals surface area contributed by atoms with Gasteiger partial charge in [0, 0.05) is 10.9 Å². The van der Waals surface area contributed by atoms with Crippen LogP contribution >= 0.6 is 11.3 Å². The zero-order valence-corrected chi connectivity index (χ0v) is 11.1. The number of hydrogen-bond donors (Lipinski definition) is 1. The molecule has 0 aliphatic rings. The van der Waals surface area contributed by atoms with E-state index >= 15 is 0 Å². The molecule has 0 saturated carbocycles. The summed E-state index contributed by atoms with van der Waals surface area (Å²) in [5.41, 5.74) is 0.500. The standard InChI is InChI=1S/C12H8F3N3O2S/c13-12(14,15)8-3-4-10(11(6-8)18(19)20)17-16-7-9-2-1-5-21-9/h1-7,17H/b16-7+. The molecule has 21 heavy (non-hydrogen) atoms. The summed E-state index contributed by atoms with van der Waals surface area (Å²) in [5, 5.41) is 16.4. The van der Waals surface area contributed by atoms with E-state index in [0.29, 0.717) is 6.07 Å². The number of nitro benzene ring substituents is 1. The molecule has 0 bridgehead atoms. The van der Waals surface area contributed by atoms with Crippen LogP contribution in [0.4, 0.5) is 24.5 Å². The van der Waals surface area contributed by atoms with Crippen molar-refractivity contribution >= 4 is 28.9 Å². The van der Waals surface area contributed by atoms with Gasteiger partial charge in [-0.25, -0.2) is 0 Å². The van der Waals surface area contributed by atoms with Crippen molar-refractivity contribution in [2.75, 3.05) is 5.43 Å². The van der Waals surface area contributed by atoms with Crippen molar-refractivity contribution < 1.29 is 18.1 Å². The monoisotopic (exact) mass is 315 g/mol. The molecule has 0 atom stereocenters. The Morgan fingerprint density at radius 3 is 2.67 bits per heavy atom. The summed E-state index contributed by atoms with van der Waals surface area (Å²) in [6, 6.07) is 5.79. The number of rotatable bonds is 4. The van der Waals surface area contributed by atoms with E-state index in [4.69, 9.17) is 0 Å². The molecule has 0 radical (unpaired) electrons. The lowest BCUT2D eigenvalue weighted by Gasteiger charge is -2.08. The quantitative estimate of drug-likeness (QED) is 0.524. The molecule has 1 N–H and O–H groups in total. The van der Waals surface area contributed by atoms with Gasteiger partial charge in [0.25, 0.3) is 5.69 Å². The van der Waals surface area contributed by atoms with E-state index in [0.717, 1.165) is 17.0 Å². The molecule has 0 spiro atoms. The molecule has 0 amide bonds. The molecule has 5 nitrogen and oxygen atoms in total. The molecule has 0 aliphatic heterocycles. The second kappa shape index (κ2) is 5.92. The first-order valence-electron chi connectivity index (χ1n) is 5.56. The molecular formula is C12H8F3N3O2S. The van der Waals surface area contributed by atoms with E-state index in [1.807, 2.05) is 5.38 Å². The number of alkyl halides is 3.